The van der Waals surface area contributed by atoms with Crippen molar-refractivity contribution in [2.24, 2.45) is 0 Å². The van der Waals surface area contributed by atoms with Crippen LogP contribution in [0, 0.1) is 0 Å². The molecule has 1 unspecified atom stereocenters. The Kier molecular flexibility index (Phi) is 5.69. The molecule has 3 N–H and O–H groups in total. The first kappa shape index (κ1) is 16.9. The molecule has 0 bridgehead atoms. The van der Waals surface area contributed by atoms with Crippen molar-refractivity contribution in [3.63, 3.8) is 0 Å². The highest BCUT2D eigenvalue weighted by Crippen LogP contribution is 2.10. The topological polar surface area (TPSA) is 83.1 Å². The minimum atomic E-state index is -0.409. The molecule has 1 heterocycles. The van der Waals surface area contributed by atoms with Crippen molar-refractivity contribution in [1.29, 1.82) is 0 Å². The van der Waals surface area contributed by atoms with Crippen LogP contribution in [0.15, 0.2) is 18.3 Å². The molecule has 1 rings (SSSR count). The average Bonchev–Trinajstić information content (AvgIpc) is 2.37. The molecule has 0 aliphatic rings. The number of hydrogen-bond acceptors (Lipinski definition) is 4. The van der Waals surface area contributed by atoms with Gasteiger partial charge in [-0.25, -0.2) is 0 Å². The van der Waals surface area contributed by atoms with Crippen LogP contribution in [-0.4, -0.2) is 34.9 Å². The molecule has 2 amide bonds. The Hall–Kier alpha value is -2.11. The summed E-state index contributed by atoms with van der Waals surface area (Å²) in [5.74, 6) is -0.327. The number of anilines is 1. The van der Waals surface area contributed by atoms with Gasteiger partial charge < -0.3 is 16.0 Å². The molecule has 0 aliphatic heterocycles. The van der Waals surface area contributed by atoms with Crippen molar-refractivity contribution >= 4 is 17.5 Å². The van der Waals surface area contributed by atoms with E-state index in [1.807, 2.05) is 27.7 Å². The van der Waals surface area contributed by atoms with Gasteiger partial charge in [-0.15, -0.1) is 0 Å². The molecule has 0 saturated carbocycles. The van der Waals surface area contributed by atoms with Crippen LogP contribution in [0.2, 0.25) is 0 Å². The van der Waals surface area contributed by atoms with E-state index in [0.29, 0.717) is 17.9 Å². The molecule has 0 radical (unpaired) electrons. The second-order valence-corrected chi connectivity index (χ2v) is 5.89. The first-order valence-corrected chi connectivity index (χ1v) is 7.05. The number of carbonyl (C=O) groups is 2. The Morgan fingerprint density at radius 3 is 2.57 bits per heavy atom. The van der Waals surface area contributed by atoms with Crippen LogP contribution in [0.4, 0.5) is 5.69 Å². The Balaban J connectivity index is 2.72. The summed E-state index contributed by atoms with van der Waals surface area (Å²) in [4.78, 5) is 27.8. The van der Waals surface area contributed by atoms with Gasteiger partial charge in [-0.2, -0.15) is 0 Å². The summed E-state index contributed by atoms with van der Waals surface area (Å²) in [5.41, 5.74) is 0.727. The van der Waals surface area contributed by atoms with Crippen LogP contribution in [0.25, 0.3) is 0 Å². The third kappa shape index (κ3) is 5.81. The van der Waals surface area contributed by atoms with Crippen LogP contribution >= 0.6 is 0 Å². The number of nitrogens with one attached hydrogen (secondary N) is 3. The van der Waals surface area contributed by atoms with E-state index in [9.17, 15) is 9.59 Å². The lowest BCUT2D eigenvalue weighted by Crippen LogP contribution is -2.47. The number of pyridine rings is 1. The highest BCUT2D eigenvalue weighted by Gasteiger charge is 2.19. The Morgan fingerprint density at radius 1 is 1.33 bits per heavy atom. The molecule has 21 heavy (non-hydrogen) atoms. The first-order chi connectivity index (χ1) is 9.73. The number of aromatic nitrogens is 1. The molecular weight excluding hydrogens is 268 g/mol. The summed E-state index contributed by atoms with van der Waals surface area (Å²) in [6.45, 7) is 9.94. The van der Waals surface area contributed by atoms with Gasteiger partial charge in [-0.3, -0.25) is 14.6 Å². The summed E-state index contributed by atoms with van der Waals surface area (Å²) in [6, 6.07) is 2.95. The van der Waals surface area contributed by atoms with Gasteiger partial charge in [-0.1, -0.05) is 0 Å². The maximum Gasteiger partial charge on any atom is 0.269 e. The molecule has 0 aromatic carbocycles. The third-order valence-corrected chi connectivity index (χ3v) is 2.60. The quantitative estimate of drug-likeness (QED) is 0.769. The van der Waals surface area contributed by atoms with Crippen molar-refractivity contribution in [2.75, 3.05) is 11.9 Å². The molecular formula is C15H24N4O2. The van der Waals surface area contributed by atoms with Gasteiger partial charge in [0.2, 0.25) is 5.91 Å². The average molecular weight is 292 g/mol. The number of rotatable bonds is 5. The van der Waals surface area contributed by atoms with Crippen molar-refractivity contribution < 1.29 is 9.59 Å². The number of amides is 2. The van der Waals surface area contributed by atoms with Crippen molar-refractivity contribution in [3.05, 3.63) is 24.0 Å². The lowest BCUT2D eigenvalue weighted by molar-refractivity contribution is -0.122. The van der Waals surface area contributed by atoms with Crippen molar-refractivity contribution in [2.45, 2.75) is 46.2 Å². The first-order valence-electron chi connectivity index (χ1n) is 7.05. The standard InChI is InChI=1S/C15H24N4O2/c1-6-16-14(21)12-9-11(7-8-17-12)18-10(2)13(20)19-15(3,4)5/h7-10H,6H2,1-5H3,(H,16,21)(H,17,18)(H,19,20). The van der Waals surface area contributed by atoms with E-state index in [1.54, 1.807) is 25.3 Å². The predicted molar refractivity (Wildman–Crippen MR) is 83.2 cm³/mol. The second-order valence-electron chi connectivity index (χ2n) is 5.89. The highest BCUT2D eigenvalue weighted by atomic mass is 16.2. The molecule has 6 heteroatoms. The van der Waals surface area contributed by atoms with Gasteiger partial charge >= 0.3 is 0 Å². The fraction of sp³-hybridized carbons (Fsp3) is 0.533. The Bertz CT molecular complexity index is 509. The fourth-order valence-corrected chi connectivity index (χ4v) is 1.69. The minimum Gasteiger partial charge on any atom is -0.374 e. The SMILES string of the molecule is CCNC(=O)c1cc(NC(C)C(=O)NC(C)(C)C)ccn1. The Morgan fingerprint density at radius 2 is 2.00 bits per heavy atom. The summed E-state index contributed by atoms with van der Waals surface area (Å²) in [5, 5.41) is 8.66. The summed E-state index contributed by atoms with van der Waals surface area (Å²) < 4.78 is 0. The smallest absolute Gasteiger partial charge is 0.269 e. The lowest BCUT2D eigenvalue weighted by atomic mass is 10.1. The van der Waals surface area contributed by atoms with Gasteiger partial charge in [0.15, 0.2) is 0 Å². The highest BCUT2D eigenvalue weighted by molar-refractivity contribution is 5.93. The van der Waals surface area contributed by atoms with E-state index in [4.69, 9.17) is 0 Å². The molecule has 1 aromatic heterocycles. The summed E-state index contributed by atoms with van der Waals surface area (Å²) >= 11 is 0. The van der Waals surface area contributed by atoms with Gasteiger partial charge in [0, 0.05) is 24.0 Å². The molecule has 1 atom stereocenters. The van der Waals surface area contributed by atoms with Crippen LogP contribution in [-0.2, 0) is 4.79 Å². The summed E-state index contributed by atoms with van der Waals surface area (Å²) in [7, 11) is 0. The number of carbonyl (C=O) groups excluding carboxylic acids is 2. The number of nitrogens with zero attached hydrogens (tertiary/aromatic N) is 1. The zero-order valence-electron chi connectivity index (χ0n) is 13.3. The molecule has 0 fully saturated rings. The van der Waals surface area contributed by atoms with Crippen LogP contribution in [0.1, 0.15) is 45.1 Å². The van der Waals surface area contributed by atoms with Crippen LogP contribution < -0.4 is 16.0 Å². The van der Waals surface area contributed by atoms with Crippen LogP contribution in [0.5, 0.6) is 0 Å². The zero-order valence-corrected chi connectivity index (χ0v) is 13.3. The maximum atomic E-state index is 12.0. The van der Waals surface area contributed by atoms with Crippen molar-refractivity contribution in [1.82, 2.24) is 15.6 Å². The van der Waals surface area contributed by atoms with E-state index >= 15 is 0 Å². The van der Waals surface area contributed by atoms with Gasteiger partial charge in [0.05, 0.1) is 0 Å². The van der Waals surface area contributed by atoms with Gasteiger partial charge in [0.1, 0.15) is 11.7 Å². The van der Waals surface area contributed by atoms with Crippen molar-refractivity contribution in [3.8, 4) is 0 Å². The maximum absolute atomic E-state index is 12.0. The third-order valence-electron chi connectivity index (χ3n) is 2.60. The normalized spacial score (nSPS) is 12.4. The zero-order chi connectivity index (χ0) is 16.0. The number of hydrogen-bond donors (Lipinski definition) is 3. The van der Waals surface area contributed by atoms with Gasteiger partial charge in [-0.05, 0) is 46.8 Å². The minimum absolute atomic E-state index is 0.0983. The molecule has 0 aliphatic carbocycles. The van der Waals surface area contributed by atoms with E-state index in [0.717, 1.165) is 0 Å². The predicted octanol–water partition coefficient (Wildman–Crippen LogP) is 1.55. The second kappa shape index (κ2) is 7.06. The largest absolute Gasteiger partial charge is 0.374 e. The molecule has 6 nitrogen and oxygen atoms in total. The van der Waals surface area contributed by atoms with Gasteiger partial charge in [0.25, 0.3) is 5.91 Å². The lowest BCUT2D eigenvalue weighted by Gasteiger charge is -2.24. The fourth-order valence-electron chi connectivity index (χ4n) is 1.69. The van der Waals surface area contributed by atoms with Crippen LogP contribution in [0.3, 0.4) is 0 Å². The van der Waals surface area contributed by atoms with E-state index in [2.05, 4.69) is 20.9 Å². The summed E-state index contributed by atoms with van der Waals surface area (Å²) in [6.07, 6.45) is 1.54. The Labute approximate surface area is 125 Å². The van der Waals surface area contributed by atoms with E-state index < -0.39 is 6.04 Å². The van der Waals surface area contributed by atoms with E-state index in [1.165, 1.54) is 0 Å². The molecule has 0 saturated heterocycles. The monoisotopic (exact) mass is 292 g/mol. The molecule has 1 aromatic rings. The van der Waals surface area contributed by atoms with E-state index in [-0.39, 0.29) is 17.4 Å². The molecule has 116 valence electrons. The molecule has 0 spiro atoms.